The number of hydrogen-bond acceptors (Lipinski definition) is 5. The molecule has 0 amide bonds. The largest absolute Gasteiger partial charge is 0.369 e. The zero-order valence-electron chi connectivity index (χ0n) is 18.4. The van der Waals surface area contributed by atoms with Gasteiger partial charge in [0.25, 0.3) is 0 Å². The molecule has 6 nitrogen and oxygen atoms in total. The molecule has 4 aliphatic carbocycles. The number of rotatable bonds is 5. The van der Waals surface area contributed by atoms with Gasteiger partial charge in [0.2, 0.25) is 10.0 Å². The maximum Gasteiger partial charge on any atom is 0.243 e. The number of benzene rings is 1. The Morgan fingerprint density at radius 3 is 2.48 bits per heavy atom. The fourth-order valence-corrected chi connectivity index (χ4v) is 8.93. The van der Waals surface area contributed by atoms with Crippen LogP contribution in [0.25, 0.3) is 0 Å². The Labute approximate surface area is 199 Å². The summed E-state index contributed by atoms with van der Waals surface area (Å²) in [5.41, 5.74) is 2.12. The molecule has 2 aromatic rings. The van der Waals surface area contributed by atoms with Crippen molar-refractivity contribution in [1.29, 1.82) is 0 Å². The third kappa shape index (κ3) is 3.84. The minimum absolute atomic E-state index is 0.00780. The highest BCUT2D eigenvalue weighted by molar-refractivity contribution is 7.89. The molecule has 0 atom stereocenters. The van der Waals surface area contributed by atoms with Gasteiger partial charge in [-0.25, -0.2) is 22.8 Å². The lowest BCUT2D eigenvalue weighted by Crippen LogP contribution is -2.49. The van der Waals surface area contributed by atoms with Gasteiger partial charge in [0.15, 0.2) is 0 Å². The number of nitrogens with zero attached hydrogens (tertiary/aromatic N) is 3. The second-order valence-electron chi connectivity index (χ2n) is 10.6. The molecule has 2 heterocycles. The minimum atomic E-state index is -3.80. The highest BCUT2D eigenvalue weighted by Crippen LogP contribution is 2.60. The molecule has 176 valence electrons. The molecule has 7 rings (SSSR count). The lowest BCUT2D eigenvalue weighted by molar-refractivity contribution is -0.0444. The van der Waals surface area contributed by atoms with Gasteiger partial charge in [-0.3, -0.25) is 0 Å². The van der Waals surface area contributed by atoms with E-state index in [0.29, 0.717) is 18.4 Å². The van der Waals surface area contributed by atoms with E-state index in [-0.39, 0.29) is 16.5 Å². The maximum absolute atomic E-state index is 13.5. The second-order valence-corrected chi connectivity index (χ2v) is 12.9. The molecule has 9 heteroatoms. The van der Waals surface area contributed by atoms with Crippen LogP contribution in [0.15, 0.2) is 29.4 Å². The van der Waals surface area contributed by atoms with Crippen LogP contribution in [0.3, 0.4) is 0 Å². The van der Waals surface area contributed by atoms with Crippen molar-refractivity contribution in [2.24, 2.45) is 23.2 Å². The molecule has 1 aromatic carbocycles. The van der Waals surface area contributed by atoms with E-state index in [9.17, 15) is 12.8 Å². The highest BCUT2D eigenvalue weighted by Gasteiger charge is 2.50. The summed E-state index contributed by atoms with van der Waals surface area (Å²) in [5.74, 6) is 2.91. The highest BCUT2D eigenvalue weighted by atomic mass is 35.5. The Morgan fingerprint density at radius 2 is 1.82 bits per heavy atom. The summed E-state index contributed by atoms with van der Waals surface area (Å²) in [6.07, 6.45) is 10.3. The maximum atomic E-state index is 13.5. The van der Waals surface area contributed by atoms with Gasteiger partial charge in [-0.15, -0.1) is 0 Å². The van der Waals surface area contributed by atoms with Crippen molar-refractivity contribution in [2.75, 3.05) is 18.4 Å². The number of nitrogens with one attached hydrogen (secondary N) is 1. The van der Waals surface area contributed by atoms with Crippen molar-refractivity contribution >= 4 is 27.4 Å². The van der Waals surface area contributed by atoms with Gasteiger partial charge in [0, 0.05) is 18.7 Å². The second kappa shape index (κ2) is 7.89. The van der Waals surface area contributed by atoms with E-state index in [4.69, 9.17) is 11.6 Å². The minimum Gasteiger partial charge on any atom is -0.369 e. The number of anilines is 1. The fourth-order valence-electron chi connectivity index (χ4n) is 7.25. The summed E-state index contributed by atoms with van der Waals surface area (Å²) in [6, 6.07) is 3.51. The molecule has 5 aliphatic rings. The smallest absolute Gasteiger partial charge is 0.243 e. The average molecular weight is 491 g/mol. The average Bonchev–Trinajstić information content (AvgIpc) is 2.78. The van der Waals surface area contributed by atoms with Crippen LogP contribution in [-0.2, 0) is 23.0 Å². The summed E-state index contributed by atoms with van der Waals surface area (Å²) in [7, 11) is -3.80. The van der Waals surface area contributed by atoms with E-state index in [0.717, 1.165) is 47.4 Å². The van der Waals surface area contributed by atoms with Crippen LogP contribution in [0.5, 0.6) is 0 Å². The number of halogens is 2. The standard InChI is InChI=1S/C24H28ClFN4O2S/c25-20-8-18(1-2-21(20)26)33(31,32)30-4-3-19-22(12-30)28-14-29-23(19)27-13-24-9-15-5-16(10-24)7-17(6-15)11-24/h1-2,8,14-17H,3-7,9-13H2,(H,27,28,29). The van der Waals surface area contributed by atoms with E-state index in [1.807, 2.05) is 0 Å². The zero-order valence-corrected chi connectivity index (χ0v) is 20.0. The van der Waals surface area contributed by atoms with Gasteiger partial charge >= 0.3 is 0 Å². The first-order valence-electron chi connectivity index (χ1n) is 11.8. The molecule has 1 aliphatic heterocycles. The summed E-state index contributed by atoms with van der Waals surface area (Å²) < 4.78 is 41.1. The lowest BCUT2D eigenvalue weighted by atomic mass is 9.49. The predicted octanol–water partition coefficient (Wildman–Crippen LogP) is 4.64. The molecule has 1 N–H and O–H groups in total. The predicted molar refractivity (Wildman–Crippen MR) is 124 cm³/mol. The van der Waals surface area contributed by atoms with Crippen molar-refractivity contribution in [3.8, 4) is 0 Å². The van der Waals surface area contributed by atoms with Crippen molar-refractivity contribution in [2.45, 2.75) is 56.4 Å². The van der Waals surface area contributed by atoms with Crippen molar-refractivity contribution in [1.82, 2.24) is 14.3 Å². The van der Waals surface area contributed by atoms with Gasteiger partial charge in [0.05, 0.1) is 22.2 Å². The lowest BCUT2D eigenvalue weighted by Gasteiger charge is -2.57. The van der Waals surface area contributed by atoms with Crippen LogP contribution >= 0.6 is 11.6 Å². The molecule has 4 bridgehead atoms. The van der Waals surface area contributed by atoms with Crippen molar-refractivity contribution in [3.05, 3.63) is 46.6 Å². The third-order valence-electron chi connectivity index (χ3n) is 8.30. The molecule has 4 fully saturated rings. The van der Waals surface area contributed by atoms with E-state index in [1.54, 1.807) is 0 Å². The van der Waals surface area contributed by atoms with E-state index >= 15 is 0 Å². The van der Waals surface area contributed by atoms with Crippen molar-refractivity contribution in [3.63, 3.8) is 0 Å². The molecule has 0 radical (unpaired) electrons. The first-order chi connectivity index (χ1) is 15.8. The van der Waals surface area contributed by atoms with E-state index in [1.165, 1.54) is 61.3 Å². The fraction of sp³-hybridized carbons (Fsp3) is 0.583. The van der Waals surface area contributed by atoms with Gasteiger partial charge in [0.1, 0.15) is 18.0 Å². The molecule has 0 unspecified atom stereocenters. The van der Waals surface area contributed by atoms with Crippen LogP contribution in [0.2, 0.25) is 5.02 Å². The third-order valence-corrected chi connectivity index (χ3v) is 10.4. The van der Waals surface area contributed by atoms with Gasteiger partial charge in [-0.1, -0.05) is 11.6 Å². The zero-order chi connectivity index (χ0) is 22.8. The normalized spacial score (nSPS) is 30.9. The molecule has 4 saturated carbocycles. The Hall–Kier alpha value is -1.77. The first kappa shape index (κ1) is 21.7. The topological polar surface area (TPSA) is 75.2 Å². The van der Waals surface area contributed by atoms with E-state index in [2.05, 4.69) is 15.3 Å². The Kier molecular flexibility index (Phi) is 5.20. The molecule has 1 aromatic heterocycles. The van der Waals surface area contributed by atoms with Crippen LogP contribution in [0.4, 0.5) is 10.2 Å². The Morgan fingerprint density at radius 1 is 1.12 bits per heavy atom. The molecule has 0 spiro atoms. The van der Waals surface area contributed by atoms with Gasteiger partial charge in [-0.2, -0.15) is 4.31 Å². The van der Waals surface area contributed by atoms with Gasteiger partial charge in [-0.05, 0) is 86.3 Å². The number of aromatic nitrogens is 2. The monoisotopic (exact) mass is 490 g/mol. The first-order valence-corrected chi connectivity index (χ1v) is 13.6. The molecule has 0 saturated heterocycles. The number of fused-ring (bicyclic) bond motifs is 1. The molecular weight excluding hydrogens is 463 g/mol. The van der Waals surface area contributed by atoms with Gasteiger partial charge < -0.3 is 5.32 Å². The van der Waals surface area contributed by atoms with Crippen molar-refractivity contribution < 1.29 is 12.8 Å². The summed E-state index contributed by atoms with van der Waals surface area (Å²) in [4.78, 5) is 8.92. The van der Waals surface area contributed by atoms with E-state index < -0.39 is 15.8 Å². The molecular formula is C24H28ClFN4O2S. The van der Waals surface area contributed by atoms with Crippen LogP contribution in [0, 0.1) is 29.0 Å². The van der Waals surface area contributed by atoms with Crippen LogP contribution in [-0.4, -0.2) is 35.8 Å². The summed E-state index contributed by atoms with van der Waals surface area (Å²) >= 11 is 5.82. The summed E-state index contributed by atoms with van der Waals surface area (Å²) in [5, 5.41) is 3.45. The quantitative estimate of drug-likeness (QED) is 0.660. The Bertz CT molecular complexity index is 1170. The SMILES string of the molecule is O=S(=O)(c1ccc(F)c(Cl)c1)N1CCc2c(ncnc2NCC23CC4CC(CC(C4)C2)C3)C1. The summed E-state index contributed by atoms with van der Waals surface area (Å²) in [6.45, 7) is 1.43. The number of hydrogen-bond donors (Lipinski definition) is 1. The van der Waals surface area contributed by atoms with Crippen LogP contribution in [0.1, 0.15) is 49.8 Å². The molecule has 33 heavy (non-hydrogen) atoms. The van der Waals surface area contributed by atoms with Crippen LogP contribution < -0.4 is 5.32 Å². The Balaban J connectivity index is 1.20. The number of sulfonamides is 1.